The third-order valence-corrected chi connectivity index (χ3v) is 1.83. The molecule has 4 nitrogen and oxygen atoms in total. The van der Waals surface area contributed by atoms with Gasteiger partial charge in [0, 0.05) is 15.7 Å². The molecule has 6 heteroatoms. The van der Waals surface area contributed by atoms with Crippen molar-refractivity contribution >= 4 is 37.2 Å². The molecule has 0 aliphatic heterocycles. The Morgan fingerprint density at radius 1 is 1.06 bits per heavy atom. The lowest BCUT2D eigenvalue weighted by molar-refractivity contribution is -0.133. The summed E-state index contributed by atoms with van der Waals surface area (Å²) in [5, 5.41) is 15.8. The normalized spacial score (nSPS) is 8.12. The average molecular weight is 280 g/mol. The molecular weight excluding hydrogens is 260 g/mol. The predicted octanol–water partition coefficient (Wildman–Crippen LogP) is 2.88. The molecule has 0 unspecified atom stereocenters. The molecule has 0 atom stereocenters. The molecule has 0 heterocycles. The van der Waals surface area contributed by atoms with Gasteiger partial charge in [0.1, 0.15) is 0 Å². The van der Waals surface area contributed by atoms with E-state index in [4.69, 9.17) is 10.2 Å². The zero-order valence-electron chi connectivity index (χ0n) is 10.3. The molecule has 100 valence electrons. The number of aliphatic carboxylic acids is 2. The van der Waals surface area contributed by atoms with Gasteiger partial charge in [0.15, 0.2) is 0 Å². The van der Waals surface area contributed by atoms with E-state index < -0.39 is 11.9 Å². The molecule has 0 aromatic heterocycles. The molecule has 0 radical (unpaired) electrons. The smallest absolute Gasteiger partial charge is 0.330 e. The maximum Gasteiger partial charge on any atom is 0.330 e. The third kappa shape index (κ3) is 31.3. The monoisotopic (exact) mass is 280 g/mol. The second-order valence-corrected chi connectivity index (χ2v) is 4.71. The lowest BCUT2D eigenvalue weighted by Gasteiger charge is -1.89. The summed E-state index contributed by atoms with van der Waals surface area (Å²) in [4.78, 5) is 19.2. The molecule has 0 bridgehead atoms. The summed E-state index contributed by atoms with van der Waals surface area (Å²) in [6.07, 6.45) is 1.03. The highest BCUT2D eigenvalue weighted by molar-refractivity contribution is 7.99. The maximum atomic E-state index is 9.60. The lowest BCUT2D eigenvalue weighted by atomic mass is 10.4. The molecule has 0 aliphatic carbocycles. The first-order valence-electron chi connectivity index (χ1n) is 4.69. The minimum Gasteiger partial charge on any atom is -0.478 e. The summed E-state index contributed by atoms with van der Waals surface area (Å²) in [5.41, 5.74) is 0.352. The maximum absolute atomic E-state index is 9.60. The van der Waals surface area contributed by atoms with E-state index >= 15 is 0 Å². The first-order chi connectivity index (χ1) is 7.56. The van der Waals surface area contributed by atoms with Gasteiger partial charge in [-0.2, -0.15) is 25.3 Å². The summed E-state index contributed by atoms with van der Waals surface area (Å²) in [7, 11) is 0. The number of carbonyl (C=O) groups is 2. The number of hydrogen-bond acceptors (Lipinski definition) is 4. The third-order valence-electron chi connectivity index (χ3n) is 1.10. The van der Waals surface area contributed by atoms with Crippen molar-refractivity contribution in [2.45, 2.75) is 31.8 Å². The lowest BCUT2D eigenvalue weighted by Crippen LogP contribution is -1.92. The molecule has 17 heavy (non-hydrogen) atoms. The van der Waals surface area contributed by atoms with Gasteiger partial charge < -0.3 is 10.2 Å². The molecule has 0 spiro atoms. The number of thiol groups is 2. The topological polar surface area (TPSA) is 74.6 Å². The van der Waals surface area contributed by atoms with Crippen molar-refractivity contribution < 1.29 is 19.8 Å². The summed E-state index contributed by atoms with van der Waals surface area (Å²) in [6.45, 7) is 11.2. The van der Waals surface area contributed by atoms with Crippen LogP contribution >= 0.6 is 25.3 Å². The van der Waals surface area contributed by atoms with Crippen molar-refractivity contribution in [1.29, 1.82) is 0 Å². The molecule has 0 aromatic carbocycles. The van der Waals surface area contributed by atoms with Crippen LogP contribution in [0.2, 0.25) is 0 Å². The molecule has 2 N–H and O–H groups in total. The minimum absolute atomic E-state index is 0.176. The highest BCUT2D eigenvalue weighted by atomic mass is 32.2. The van der Waals surface area contributed by atoms with Crippen LogP contribution in [0.25, 0.3) is 0 Å². The number of hydrogen-bond donors (Lipinski definition) is 4. The Bertz CT molecular complexity index is 225. The number of carboxylic acids is 2. The Morgan fingerprint density at radius 3 is 1.18 bits per heavy atom. The van der Waals surface area contributed by atoms with Crippen LogP contribution < -0.4 is 0 Å². The predicted molar refractivity (Wildman–Crippen MR) is 77.0 cm³/mol. The largest absolute Gasteiger partial charge is 0.478 e. The zero-order valence-corrected chi connectivity index (χ0v) is 12.1. The van der Waals surface area contributed by atoms with Crippen LogP contribution in [0.4, 0.5) is 0 Å². The molecule has 0 fully saturated rings. The van der Waals surface area contributed by atoms with Crippen molar-refractivity contribution in [2.75, 3.05) is 0 Å². The van der Waals surface area contributed by atoms with Crippen molar-refractivity contribution in [3.05, 3.63) is 24.3 Å². The van der Waals surface area contributed by atoms with Gasteiger partial charge in [-0.05, 0) is 20.3 Å². The standard InChI is InChI=1S/2C4H6O2.C3H8S2/c2*1-3(2)4(5)6;1-2-3(4)5/h2*1H2,2H3,(H,5,6);3-5H,2H2,1H3. The van der Waals surface area contributed by atoms with Crippen LogP contribution in [-0.4, -0.2) is 26.7 Å². The van der Waals surface area contributed by atoms with E-state index in [2.05, 4.69) is 38.4 Å². The second-order valence-electron chi connectivity index (χ2n) is 3.06. The van der Waals surface area contributed by atoms with Gasteiger partial charge in [-0.3, -0.25) is 0 Å². The van der Waals surface area contributed by atoms with E-state index in [1.807, 2.05) is 6.92 Å². The summed E-state index contributed by atoms with van der Waals surface area (Å²) >= 11 is 7.92. The van der Waals surface area contributed by atoms with E-state index in [1.165, 1.54) is 13.8 Å². The number of carboxylic acid groups (broad SMARTS) is 2. The Hall–Kier alpha value is -0.880. The van der Waals surface area contributed by atoms with Gasteiger partial charge >= 0.3 is 11.9 Å². The SMILES string of the molecule is C=C(C)C(=O)O.C=C(C)C(=O)O.CCC(S)S. The van der Waals surface area contributed by atoms with E-state index in [9.17, 15) is 9.59 Å². The minimum atomic E-state index is -0.935. The van der Waals surface area contributed by atoms with Gasteiger partial charge in [-0.1, -0.05) is 20.1 Å². The molecule has 0 aliphatic rings. The van der Waals surface area contributed by atoms with Crippen LogP contribution in [0, 0.1) is 0 Å². The van der Waals surface area contributed by atoms with Crippen molar-refractivity contribution in [2.24, 2.45) is 0 Å². The molecule has 0 rings (SSSR count). The molecule has 0 saturated heterocycles. The second kappa shape index (κ2) is 13.2. The molecule has 0 amide bonds. The molecule has 0 aromatic rings. The van der Waals surface area contributed by atoms with Crippen molar-refractivity contribution in [1.82, 2.24) is 0 Å². The van der Waals surface area contributed by atoms with E-state index in [-0.39, 0.29) is 15.7 Å². The van der Waals surface area contributed by atoms with Crippen LogP contribution in [0.5, 0.6) is 0 Å². The average Bonchev–Trinajstić information content (AvgIpc) is 2.19. The summed E-state index contributed by atoms with van der Waals surface area (Å²) < 4.78 is 0.273. The fraction of sp³-hybridized carbons (Fsp3) is 0.455. The molecule has 0 saturated carbocycles. The van der Waals surface area contributed by atoms with Gasteiger partial charge in [0.25, 0.3) is 0 Å². The van der Waals surface area contributed by atoms with Crippen LogP contribution in [0.15, 0.2) is 24.3 Å². The Labute approximate surface area is 113 Å². The Balaban J connectivity index is -0.000000174. The number of rotatable bonds is 3. The van der Waals surface area contributed by atoms with Gasteiger partial charge in [-0.15, -0.1) is 0 Å². The quantitative estimate of drug-likeness (QED) is 0.364. The zero-order chi connectivity index (χ0) is 14.6. The van der Waals surface area contributed by atoms with Crippen LogP contribution in [0.1, 0.15) is 27.2 Å². The van der Waals surface area contributed by atoms with E-state index in [0.29, 0.717) is 0 Å². The van der Waals surface area contributed by atoms with Crippen LogP contribution in [0.3, 0.4) is 0 Å². The summed E-state index contributed by atoms with van der Waals surface area (Å²) in [6, 6.07) is 0. The highest BCUT2D eigenvalue weighted by Gasteiger charge is 1.90. The fourth-order valence-corrected chi connectivity index (χ4v) is 0. The first-order valence-corrected chi connectivity index (χ1v) is 5.73. The van der Waals surface area contributed by atoms with Crippen molar-refractivity contribution in [3.8, 4) is 0 Å². The van der Waals surface area contributed by atoms with Crippen LogP contribution in [-0.2, 0) is 9.59 Å². The van der Waals surface area contributed by atoms with Gasteiger partial charge in [0.2, 0.25) is 0 Å². The Morgan fingerprint density at radius 2 is 1.18 bits per heavy atom. The van der Waals surface area contributed by atoms with Crippen molar-refractivity contribution in [3.63, 3.8) is 0 Å². The van der Waals surface area contributed by atoms with Gasteiger partial charge in [-0.25, -0.2) is 9.59 Å². The molecular formula is C11H20O4S2. The summed E-state index contributed by atoms with van der Waals surface area (Å²) in [5.74, 6) is -1.87. The van der Waals surface area contributed by atoms with Gasteiger partial charge in [0.05, 0.1) is 0 Å². The van der Waals surface area contributed by atoms with E-state index in [0.717, 1.165) is 6.42 Å². The first kappa shape index (κ1) is 21.4. The fourth-order valence-electron chi connectivity index (χ4n) is 0. The highest BCUT2D eigenvalue weighted by Crippen LogP contribution is 2.01. The van der Waals surface area contributed by atoms with E-state index in [1.54, 1.807) is 0 Å². The Kier molecular flexibility index (Phi) is 16.6.